The summed E-state index contributed by atoms with van der Waals surface area (Å²) in [6.45, 7) is 0.473. The molecule has 0 bridgehead atoms. The summed E-state index contributed by atoms with van der Waals surface area (Å²) >= 11 is 0. The summed E-state index contributed by atoms with van der Waals surface area (Å²) in [4.78, 5) is 34.6. The van der Waals surface area contributed by atoms with E-state index < -0.39 is 12.1 Å². The third-order valence-corrected chi connectivity index (χ3v) is 4.17. The first-order valence-electron chi connectivity index (χ1n) is 7.04. The fraction of sp³-hybridized carbons (Fsp3) is 0.769. The number of urea groups is 1. The van der Waals surface area contributed by atoms with Gasteiger partial charge in [0.1, 0.15) is 6.04 Å². The molecule has 1 saturated heterocycles. The maximum atomic E-state index is 12.1. The van der Waals surface area contributed by atoms with Gasteiger partial charge in [-0.1, -0.05) is 12.8 Å². The van der Waals surface area contributed by atoms with E-state index in [0.29, 0.717) is 6.54 Å². The maximum Gasteiger partial charge on any atom is 0.322 e. The summed E-state index contributed by atoms with van der Waals surface area (Å²) in [5.74, 6) is -0.671. The number of hydrogen-bond acceptors (Lipinski definition) is 4. The molecule has 4 amide bonds. The van der Waals surface area contributed by atoms with E-state index in [2.05, 4.69) is 16.0 Å². The predicted molar refractivity (Wildman–Crippen MR) is 70.7 cm³/mol. The van der Waals surface area contributed by atoms with Crippen LogP contribution in [0, 0.1) is 5.41 Å². The van der Waals surface area contributed by atoms with E-state index in [0.717, 1.165) is 25.7 Å². The molecule has 2 rings (SSSR count). The average Bonchev–Trinajstić information content (AvgIpc) is 2.83. The van der Waals surface area contributed by atoms with Crippen molar-refractivity contribution in [3.63, 3.8) is 0 Å². The zero-order valence-electron chi connectivity index (χ0n) is 11.4. The second-order valence-electron chi connectivity index (χ2n) is 5.70. The molecule has 0 aromatic carbocycles. The minimum atomic E-state index is -0.696. The highest BCUT2D eigenvalue weighted by Crippen LogP contribution is 2.36. The molecule has 112 valence electrons. The zero-order chi connectivity index (χ0) is 14.6. The average molecular weight is 283 g/mol. The zero-order valence-corrected chi connectivity index (χ0v) is 11.4. The van der Waals surface area contributed by atoms with Gasteiger partial charge < -0.3 is 15.7 Å². The van der Waals surface area contributed by atoms with Crippen molar-refractivity contribution in [2.75, 3.05) is 13.2 Å². The van der Waals surface area contributed by atoms with Gasteiger partial charge in [0.2, 0.25) is 11.8 Å². The summed E-state index contributed by atoms with van der Waals surface area (Å²) in [6, 6.07) is -1.33. The maximum absolute atomic E-state index is 12.1. The Kier molecular flexibility index (Phi) is 4.59. The van der Waals surface area contributed by atoms with Crippen molar-refractivity contribution in [2.45, 2.75) is 44.6 Å². The predicted octanol–water partition coefficient (Wildman–Crippen LogP) is -0.356. The first kappa shape index (κ1) is 14.8. The van der Waals surface area contributed by atoms with Crippen LogP contribution >= 0.6 is 0 Å². The lowest BCUT2D eigenvalue weighted by Crippen LogP contribution is -2.50. The molecule has 1 atom stereocenters. The Bertz CT molecular complexity index is 404. The largest absolute Gasteiger partial charge is 0.396 e. The summed E-state index contributed by atoms with van der Waals surface area (Å²) in [5, 5.41) is 16.9. The van der Waals surface area contributed by atoms with E-state index in [-0.39, 0.29) is 36.7 Å². The van der Waals surface area contributed by atoms with Gasteiger partial charge >= 0.3 is 6.03 Å². The number of rotatable bonds is 4. The summed E-state index contributed by atoms with van der Waals surface area (Å²) < 4.78 is 0. The molecule has 0 radical (unpaired) electrons. The number of amides is 4. The molecule has 7 heteroatoms. The molecule has 2 aliphatic rings. The lowest BCUT2D eigenvalue weighted by Gasteiger charge is -2.27. The van der Waals surface area contributed by atoms with Gasteiger partial charge in [-0.3, -0.25) is 14.9 Å². The molecule has 1 aliphatic heterocycles. The quantitative estimate of drug-likeness (QED) is 0.565. The van der Waals surface area contributed by atoms with E-state index in [9.17, 15) is 19.5 Å². The molecule has 2 fully saturated rings. The topological polar surface area (TPSA) is 108 Å². The number of aliphatic hydroxyl groups excluding tert-OH is 1. The highest BCUT2D eigenvalue weighted by molar-refractivity contribution is 5.98. The Morgan fingerprint density at radius 2 is 2.05 bits per heavy atom. The van der Waals surface area contributed by atoms with Gasteiger partial charge in [0.15, 0.2) is 0 Å². The van der Waals surface area contributed by atoms with Crippen LogP contribution < -0.4 is 16.0 Å². The normalized spacial score (nSPS) is 25.6. The second kappa shape index (κ2) is 6.21. The second-order valence-corrected chi connectivity index (χ2v) is 5.70. The molecule has 1 heterocycles. The highest BCUT2D eigenvalue weighted by atomic mass is 16.3. The van der Waals surface area contributed by atoms with Crippen molar-refractivity contribution >= 4 is 17.8 Å². The molecular formula is C13H21N3O4. The van der Waals surface area contributed by atoms with Crippen LogP contribution in [0.1, 0.15) is 38.5 Å². The van der Waals surface area contributed by atoms with Gasteiger partial charge in [0.05, 0.1) is 6.61 Å². The molecule has 7 nitrogen and oxygen atoms in total. The minimum Gasteiger partial charge on any atom is -0.396 e. The molecule has 4 N–H and O–H groups in total. The molecule has 0 spiro atoms. The molecule has 0 aromatic heterocycles. The molecule has 20 heavy (non-hydrogen) atoms. The Morgan fingerprint density at radius 1 is 1.35 bits per heavy atom. The van der Waals surface area contributed by atoms with Crippen molar-refractivity contribution in [2.24, 2.45) is 5.41 Å². The lowest BCUT2D eigenvalue weighted by atomic mass is 9.87. The van der Waals surface area contributed by atoms with Crippen LogP contribution in [0.3, 0.4) is 0 Å². The van der Waals surface area contributed by atoms with Crippen molar-refractivity contribution < 1.29 is 19.5 Å². The van der Waals surface area contributed by atoms with E-state index in [1.807, 2.05) is 0 Å². The number of nitrogens with one attached hydrogen (secondary N) is 3. The molecule has 0 aromatic rings. The summed E-state index contributed by atoms with van der Waals surface area (Å²) in [5.41, 5.74) is -0.224. The van der Waals surface area contributed by atoms with Crippen molar-refractivity contribution in [3.8, 4) is 0 Å². The monoisotopic (exact) mass is 283 g/mol. The van der Waals surface area contributed by atoms with E-state index >= 15 is 0 Å². The van der Waals surface area contributed by atoms with E-state index in [1.165, 1.54) is 0 Å². The number of hydrogen-bond donors (Lipinski definition) is 4. The van der Waals surface area contributed by atoms with E-state index in [4.69, 9.17) is 0 Å². The summed E-state index contributed by atoms with van der Waals surface area (Å²) in [7, 11) is 0. The van der Waals surface area contributed by atoms with Crippen LogP contribution in [0.15, 0.2) is 0 Å². The van der Waals surface area contributed by atoms with Gasteiger partial charge in [-0.2, -0.15) is 0 Å². The Balaban J connectivity index is 1.87. The number of carbonyl (C=O) groups is 3. The van der Waals surface area contributed by atoms with Crippen LogP contribution in [0.2, 0.25) is 0 Å². The van der Waals surface area contributed by atoms with Crippen LogP contribution in [0.25, 0.3) is 0 Å². The van der Waals surface area contributed by atoms with Gasteiger partial charge in [-0.15, -0.1) is 0 Å². The fourth-order valence-electron chi connectivity index (χ4n) is 2.84. The highest BCUT2D eigenvalue weighted by Gasteiger charge is 2.34. The third kappa shape index (κ3) is 3.47. The van der Waals surface area contributed by atoms with Crippen molar-refractivity contribution in [1.82, 2.24) is 16.0 Å². The van der Waals surface area contributed by atoms with E-state index in [1.54, 1.807) is 0 Å². The smallest absolute Gasteiger partial charge is 0.322 e. The molecule has 1 saturated carbocycles. The Morgan fingerprint density at radius 3 is 2.70 bits per heavy atom. The van der Waals surface area contributed by atoms with Crippen molar-refractivity contribution in [3.05, 3.63) is 0 Å². The number of imide groups is 1. The molecule has 0 unspecified atom stereocenters. The first-order valence-corrected chi connectivity index (χ1v) is 7.04. The number of carbonyl (C=O) groups excluding carboxylic acids is 3. The standard InChI is InChI=1S/C13H21N3O4/c17-8-13(5-1-2-6-13)7-14-11(19)9-3-4-10(18)16-12(20)15-9/h9,17H,1-8H2,(H,14,19)(H2,15,16,18,20)/t9-/m0/s1. The van der Waals surface area contributed by atoms with Crippen LogP contribution in [0.5, 0.6) is 0 Å². The van der Waals surface area contributed by atoms with Crippen molar-refractivity contribution in [1.29, 1.82) is 0 Å². The van der Waals surface area contributed by atoms with Crippen LogP contribution in [-0.4, -0.2) is 42.1 Å². The third-order valence-electron chi connectivity index (χ3n) is 4.17. The lowest BCUT2D eigenvalue weighted by molar-refractivity contribution is -0.123. The Hall–Kier alpha value is -1.63. The fourth-order valence-corrected chi connectivity index (χ4v) is 2.84. The molecular weight excluding hydrogens is 262 g/mol. The van der Waals surface area contributed by atoms with Gasteiger partial charge in [0.25, 0.3) is 0 Å². The van der Waals surface area contributed by atoms with Gasteiger partial charge in [0, 0.05) is 18.4 Å². The molecule has 1 aliphatic carbocycles. The number of aliphatic hydroxyl groups is 1. The van der Waals surface area contributed by atoms with Crippen LogP contribution in [0.4, 0.5) is 4.79 Å². The van der Waals surface area contributed by atoms with Gasteiger partial charge in [-0.05, 0) is 19.3 Å². The first-order chi connectivity index (χ1) is 9.54. The van der Waals surface area contributed by atoms with Crippen LogP contribution in [-0.2, 0) is 9.59 Å². The minimum absolute atomic E-state index is 0.0599. The Labute approximate surface area is 117 Å². The summed E-state index contributed by atoms with van der Waals surface area (Å²) in [6.07, 6.45) is 4.36. The van der Waals surface area contributed by atoms with Gasteiger partial charge in [-0.25, -0.2) is 4.79 Å². The SMILES string of the molecule is O=C1CC[C@@H](C(=O)NCC2(CO)CCCC2)NC(=O)N1.